The van der Waals surface area contributed by atoms with Crippen molar-refractivity contribution in [3.63, 3.8) is 0 Å². The van der Waals surface area contributed by atoms with Crippen LogP contribution in [0.1, 0.15) is 181 Å². The molecule has 0 bridgehead atoms. The van der Waals surface area contributed by atoms with E-state index >= 15 is 0 Å². The van der Waals surface area contributed by atoms with Gasteiger partial charge in [0.15, 0.2) is 6.10 Å². The van der Waals surface area contributed by atoms with Gasteiger partial charge in [0.25, 0.3) is 0 Å². The highest BCUT2D eigenvalue weighted by molar-refractivity contribution is 5.70. The molecule has 0 saturated heterocycles. The predicted molar refractivity (Wildman–Crippen MR) is 254 cm³/mol. The van der Waals surface area contributed by atoms with Crippen LogP contribution in [0.25, 0.3) is 0 Å². The van der Waals surface area contributed by atoms with Gasteiger partial charge in [0.1, 0.15) is 12.6 Å². The Morgan fingerprint density at radius 2 is 0.918 bits per heavy atom. The normalized spacial score (nSPS) is 13.7. The zero-order chi connectivity index (χ0) is 44.9. The molecular formula is C53H89NO7. The lowest BCUT2D eigenvalue weighted by Crippen LogP contribution is -2.55. The van der Waals surface area contributed by atoms with E-state index in [1.54, 1.807) is 21.1 Å². The highest BCUT2D eigenvalue weighted by atomic mass is 16.6. The van der Waals surface area contributed by atoms with E-state index in [0.29, 0.717) is 19.3 Å². The van der Waals surface area contributed by atoms with E-state index < -0.39 is 18.1 Å². The van der Waals surface area contributed by atoms with Gasteiger partial charge in [-0.2, -0.15) is 0 Å². The summed E-state index contributed by atoms with van der Waals surface area (Å²) in [5.41, 5.74) is 0. The van der Waals surface area contributed by atoms with E-state index in [0.717, 1.165) is 44.9 Å². The van der Waals surface area contributed by atoms with Gasteiger partial charge in [-0.1, -0.05) is 214 Å². The first-order chi connectivity index (χ1) is 29.6. The molecule has 0 N–H and O–H groups in total. The van der Waals surface area contributed by atoms with Crippen molar-refractivity contribution < 1.29 is 38.2 Å². The monoisotopic (exact) mass is 852 g/mol. The number of ether oxygens (including phenoxy) is 3. The molecule has 0 radical (unpaired) electrons. The molecule has 8 heteroatoms. The number of allylic oxidation sites excluding steroid dienone is 14. The largest absolute Gasteiger partial charge is 0.544 e. The molecular weight excluding hydrogens is 763 g/mol. The molecule has 2 atom stereocenters. The molecule has 0 spiro atoms. The maximum atomic E-state index is 12.8. The molecule has 0 aromatic carbocycles. The molecule has 0 aliphatic heterocycles. The van der Waals surface area contributed by atoms with Crippen molar-refractivity contribution in [1.29, 1.82) is 0 Å². The average Bonchev–Trinajstić information content (AvgIpc) is 3.22. The third-order valence-electron chi connectivity index (χ3n) is 10.5. The van der Waals surface area contributed by atoms with Gasteiger partial charge in [0, 0.05) is 19.3 Å². The van der Waals surface area contributed by atoms with Crippen LogP contribution in [0.4, 0.5) is 0 Å². The number of hydrogen-bond donors (Lipinski definition) is 0. The molecule has 0 fully saturated rings. The first-order valence-corrected chi connectivity index (χ1v) is 24.2. The van der Waals surface area contributed by atoms with Crippen molar-refractivity contribution in [2.75, 3.05) is 41.0 Å². The van der Waals surface area contributed by atoms with E-state index in [2.05, 4.69) is 26.0 Å². The fraction of sp³-hybridized carbons (Fsp3) is 0.679. The van der Waals surface area contributed by atoms with Crippen molar-refractivity contribution in [3.8, 4) is 0 Å². The molecule has 0 aromatic rings. The Morgan fingerprint density at radius 3 is 1.36 bits per heavy atom. The predicted octanol–water partition coefficient (Wildman–Crippen LogP) is 12.4. The van der Waals surface area contributed by atoms with E-state index in [1.165, 1.54) is 96.3 Å². The minimum Gasteiger partial charge on any atom is -0.544 e. The van der Waals surface area contributed by atoms with Crippen molar-refractivity contribution in [1.82, 2.24) is 0 Å². The molecule has 348 valence electrons. The van der Waals surface area contributed by atoms with Crippen LogP contribution >= 0.6 is 0 Å². The zero-order valence-corrected chi connectivity index (χ0v) is 39.5. The molecule has 8 nitrogen and oxygen atoms in total. The van der Waals surface area contributed by atoms with E-state index in [-0.39, 0.29) is 42.7 Å². The molecule has 61 heavy (non-hydrogen) atoms. The van der Waals surface area contributed by atoms with Crippen LogP contribution in [-0.4, -0.2) is 75.5 Å². The van der Waals surface area contributed by atoms with E-state index in [1.807, 2.05) is 72.9 Å². The molecule has 0 heterocycles. The van der Waals surface area contributed by atoms with Crippen LogP contribution in [0, 0.1) is 0 Å². The van der Waals surface area contributed by atoms with Crippen molar-refractivity contribution in [3.05, 3.63) is 85.1 Å². The smallest absolute Gasteiger partial charge is 0.306 e. The number of quaternary nitrogens is 1. The SMILES string of the molecule is CC/C=C/C=C/C=C/C=C/C=C/C=C/C=C/CCCCCC(=O)OCC(COCCC(C(=O)[O-])[N+](C)(C)C)OC(=O)CCCCCCCCCCCCCCCCCCCC. The summed E-state index contributed by atoms with van der Waals surface area (Å²) in [6.07, 6.45) is 56.0. The maximum absolute atomic E-state index is 12.8. The highest BCUT2D eigenvalue weighted by Gasteiger charge is 2.25. The summed E-state index contributed by atoms with van der Waals surface area (Å²) in [7, 11) is 5.39. The summed E-state index contributed by atoms with van der Waals surface area (Å²) >= 11 is 0. The van der Waals surface area contributed by atoms with Gasteiger partial charge >= 0.3 is 11.9 Å². The first-order valence-electron chi connectivity index (χ1n) is 24.2. The van der Waals surface area contributed by atoms with Crippen LogP contribution in [0.15, 0.2) is 85.1 Å². The highest BCUT2D eigenvalue weighted by Crippen LogP contribution is 2.15. The summed E-state index contributed by atoms with van der Waals surface area (Å²) in [5, 5.41) is 11.6. The van der Waals surface area contributed by atoms with Crippen LogP contribution in [-0.2, 0) is 28.6 Å². The van der Waals surface area contributed by atoms with Crippen LogP contribution in [0.2, 0.25) is 0 Å². The van der Waals surface area contributed by atoms with Crippen molar-refractivity contribution in [2.45, 2.75) is 193 Å². The minimum atomic E-state index is -1.13. The summed E-state index contributed by atoms with van der Waals surface area (Å²) in [4.78, 5) is 37.0. The molecule has 0 rings (SSSR count). The summed E-state index contributed by atoms with van der Waals surface area (Å²) < 4.78 is 17.2. The van der Waals surface area contributed by atoms with Gasteiger partial charge in [0.05, 0.1) is 40.3 Å². The fourth-order valence-corrected chi connectivity index (χ4v) is 6.76. The van der Waals surface area contributed by atoms with Gasteiger partial charge < -0.3 is 28.6 Å². The number of rotatable bonds is 42. The van der Waals surface area contributed by atoms with E-state index in [4.69, 9.17) is 14.2 Å². The standard InChI is InChI=1S/C53H89NO7/c1-6-8-10-12-14-16-18-20-22-24-26-28-29-31-33-35-37-39-41-43-51(55)60-48-49(47-59-46-45-50(53(57)58)54(3,4)5)61-52(56)44-42-40-38-36-34-32-30-27-25-23-21-19-17-15-13-11-9-7-2/h8,10,12,14,16,18,20,22,24,26,28-29,31,33,49-50H,6-7,9,11,13,15,17,19,21,23,25,27,30,32,34-48H2,1-5H3/b10-8+,14-12+,18-16+,22-20+,26-24+,29-28+,33-31+. The minimum absolute atomic E-state index is 0.0227. The van der Waals surface area contributed by atoms with Crippen molar-refractivity contribution >= 4 is 17.9 Å². The van der Waals surface area contributed by atoms with Crippen molar-refractivity contribution in [2.24, 2.45) is 0 Å². The summed E-state index contributed by atoms with van der Waals surface area (Å²) in [6.45, 7) is 4.47. The Hall–Kier alpha value is -3.49. The second-order valence-electron chi connectivity index (χ2n) is 17.2. The number of unbranched alkanes of at least 4 members (excludes halogenated alkanes) is 20. The van der Waals surface area contributed by atoms with Gasteiger partial charge in [-0.3, -0.25) is 9.59 Å². The third-order valence-corrected chi connectivity index (χ3v) is 10.5. The Labute approximate surface area is 373 Å². The molecule has 0 aliphatic carbocycles. The van der Waals surface area contributed by atoms with Crippen LogP contribution in [0.3, 0.4) is 0 Å². The lowest BCUT2D eigenvalue weighted by molar-refractivity contribution is -0.889. The molecule has 0 amide bonds. The lowest BCUT2D eigenvalue weighted by Gasteiger charge is -2.34. The quantitative estimate of drug-likeness (QED) is 0.0261. The number of carbonyl (C=O) groups is 3. The topological polar surface area (TPSA) is 102 Å². The number of hydrogen-bond acceptors (Lipinski definition) is 7. The Morgan fingerprint density at radius 1 is 0.508 bits per heavy atom. The van der Waals surface area contributed by atoms with Gasteiger partial charge in [-0.25, -0.2) is 0 Å². The number of aliphatic carboxylic acids is 1. The maximum Gasteiger partial charge on any atom is 0.306 e. The number of carboxylic acids is 1. The van der Waals surface area contributed by atoms with Gasteiger partial charge in [0.2, 0.25) is 0 Å². The third kappa shape index (κ3) is 41.6. The fourth-order valence-electron chi connectivity index (χ4n) is 6.76. The Kier molecular flexibility index (Phi) is 40.7. The number of nitrogens with zero attached hydrogens (tertiary/aromatic N) is 1. The number of esters is 2. The summed E-state index contributed by atoms with van der Waals surface area (Å²) in [5.74, 6) is -1.80. The van der Waals surface area contributed by atoms with Crippen LogP contribution < -0.4 is 5.11 Å². The second-order valence-corrected chi connectivity index (χ2v) is 17.2. The second kappa shape index (κ2) is 43.2. The zero-order valence-electron chi connectivity index (χ0n) is 39.5. The molecule has 0 aromatic heterocycles. The molecule has 2 unspecified atom stereocenters. The number of likely N-dealkylation sites (N-methyl/N-ethyl adjacent to an activating group) is 1. The Balaban J connectivity index is 4.39. The van der Waals surface area contributed by atoms with Gasteiger partial charge in [-0.05, 0) is 32.1 Å². The summed E-state index contributed by atoms with van der Waals surface area (Å²) in [6, 6.07) is -0.737. The van der Waals surface area contributed by atoms with Crippen LogP contribution in [0.5, 0.6) is 0 Å². The average molecular weight is 852 g/mol. The molecule has 0 aliphatic rings. The molecule has 0 saturated carbocycles. The Bertz CT molecular complexity index is 1270. The number of carbonyl (C=O) groups excluding carboxylic acids is 3. The van der Waals surface area contributed by atoms with Gasteiger partial charge in [-0.15, -0.1) is 0 Å². The lowest BCUT2D eigenvalue weighted by atomic mass is 10.0. The first kappa shape index (κ1) is 57.5. The number of carboxylic acid groups (broad SMARTS) is 1. The van der Waals surface area contributed by atoms with E-state index in [9.17, 15) is 19.5 Å².